The van der Waals surface area contributed by atoms with Gasteiger partial charge in [-0.25, -0.2) is 17.5 Å². The fourth-order valence-corrected chi connectivity index (χ4v) is 12.4. The number of aliphatic hydroxyl groups excluding tert-OH is 3. The molecule has 22 heteroatoms. The van der Waals surface area contributed by atoms with Gasteiger partial charge in [0.1, 0.15) is 48.8 Å². The van der Waals surface area contributed by atoms with Crippen molar-refractivity contribution >= 4 is 15.8 Å². The number of halogens is 1. The minimum atomic E-state index is -3.25. The van der Waals surface area contributed by atoms with Crippen LogP contribution in [0, 0.1) is 17.8 Å². The average Bonchev–Trinajstić information content (AvgIpc) is 3.81. The highest BCUT2D eigenvalue weighted by Crippen LogP contribution is 2.41. The van der Waals surface area contributed by atoms with Crippen molar-refractivity contribution in [1.82, 2.24) is 24.8 Å². The summed E-state index contributed by atoms with van der Waals surface area (Å²) in [6.45, 7) is 17.3. The van der Waals surface area contributed by atoms with Gasteiger partial charge in [-0.2, -0.15) is 0 Å². The molecule has 1 aromatic heterocycles. The SMILES string of the molecule is CC[C@H]1OC(=O)[C@H](C)[C@@H](O[C@H]2C[C@@](C)(OC)[C@@H](O)[C@H](C)O2)[C@H](C)[C@@H](O[C@@H]2O[C@H](C)C[C@H](N(C)CCc3cn([C@H](CF)[C@H](OC)c4ccc(CS(C)(=O)=O)cc4)nn3)[C@H]2O)[C@](C)(O)C[C@@H](C)CN(C)[C@H](C)[C@@H](O)[C@]1(C)O. The lowest BCUT2D eigenvalue weighted by Crippen LogP contribution is -2.61. The summed E-state index contributed by atoms with van der Waals surface area (Å²) in [5.74, 6) is -3.06. The Morgan fingerprint density at radius 1 is 0.973 bits per heavy atom. The van der Waals surface area contributed by atoms with Gasteiger partial charge in [0, 0.05) is 70.6 Å². The number of hydrogen-bond donors (Lipinski definition) is 5. The normalized spacial score (nSPS) is 39.1. The Hall–Kier alpha value is -2.81. The van der Waals surface area contributed by atoms with Crippen molar-refractivity contribution in [2.24, 2.45) is 17.8 Å². The van der Waals surface area contributed by atoms with E-state index in [1.165, 1.54) is 25.8 Å². The van der Waals surface area contributed by atoms with Crippen LogP contribution in [0.4, 0.5) is 4.39 Å². The fraction of sp³-hybridized carbons (Fsp3) is 0.830. The van der Waals surface area contributed by atoms with Crippen molar-refractivity contribution < 1.29 is 76.3 Å². The van der Waals surface area contributed by atoms with Crippen LogP contribution in [0.25, 0.3) is 0 Å². The van der Waals surface area contributed by atoms with Crippen LogP contribution in [0.3, 0.4) is 0 Å². The van der Waals surface area contributed by atoms with E-state index in [0.717, 1.165) is 6.26 Å². The molecule has 430 valence electrons. The first-order valence-corrected chi connectivity index (χ1v) is 28.5. The predicted molar refractivity (Wildman–Crippen MR) is 277 cm³/mol. The summed E-state index contributed by atoms with van der Waals surface area (Å²) in [6.07, 6.45) is -7.24. The highest BCUT2D eigenvalue weighted by atomic mass is 32.2. The Morgan fingerprint density at radius 3 is 2.21 bits per heavy atom. The second-order valence-corrected chi connectivity index (χ2v) is 25.0. The Kier molecular flexibility index (Phi) is 21.8. The van der Waals surface area contributed by atoms with Gasteiger partial charge in [0.25, 0.3) is 0 Å². The van der Waals surface area contributed by atoms with E-state index in [0.29, 0.717) is 42.8 Å². The van der Waals surface area contributed by atoms with E-state index in [2.05, 4.69) is 10.3 Å². The number of esters is 1. The summed E-state index contributed by atoms with van der Waals surface area (Å²) in [4.78, 5) is 18.4. The van der Waals surface area contributed by atoms with E-state index >= 15 is 0 Å². The molecular weight excluding hydrogens is 998 g/mol. The minimum Gasteiger partial charge on any atom is -0.459 e. The molecule has 0 unspecified atom stereocenters. The van der Waals surface area contributed by atoms with E-state index in [-0.39, 0.29) is 30.9 Å². The number of sulfone groups is 1. The summed E-state index contributed by atoms with van der Waals surface area (Å²) in [7, 11) is 3.39. The van der Waals surface area contributed by atoms with Crippen molar-refractivity contribution in [3.8, 4) is 0 Å². The van der Waals surface area contributed by atoms with Crippen molar-refractivity contribution in [2.45, 2.75) is 210 Å². The maximum absolute atomic E-state index is 14.8. The van der Waals surface area contributed by atoms with Gasteiger partial charge in [0.05, 0.1) is 53.0 Å². The maximum atomic E-state index is 14.8. The third-order valence-corrected chi connectivity index (χ3v) is 17.1. The van der Waals surface area contributed by atoms with E-state index in [1.807, 2.05) is 37.7 Å². The van der Waals surface area contributed by atoms with Crippen molar-refractivity contribution in [3.63, 3.8) is 0 Å². The number of nitrogens with zero attached hydrogens (tertiary/aromatic N) is 5. The molecule has 0 amide bonds. The number of rotatable bonds is 17. The first kappa shape index (κ1) is 63.0. The summed E-state index contributed by atoms with van der Waals surface area (Å²) in [5, 5.41) is 68.4. The zero-order valence-electron chi connectivity index (χ0n) is 46.9. The Balaban J connectivity index is 1.43. The van der Waals surface area contributed by atoms with Gasteiger partial charge in [-0.15, -0.1) is 5.10 Å². The average molecular weight is 1090 g/mol. The monoisotopic (exact) mass is 1090 g/mol. The third-order valence-electron chi connectivity index (χ3n) is 16.2. The lowest BCUT2D eigenvalue weighted by molar-refractivity contribution is -0.318. The van der Waals surface area contributed by atoms with Gasteiger partial charge in [-0.3, -0.25) is 4.79 Å². The molecule has 3 saturated heterocycles. The third kappa shape index (κ3) is 15.3. The Morgan fingerprint density at radius 2 is 1.63 bits per heavy atom. The Labute approximate surface area is 444 Å². The first-order chi connectivity index (χ1) is 34.9. The molecule has 1 aromatic carbocycles. The fourth-order valence-electron chi connectivity index (χ4n) is 11.6. The number of aromatic nitrogens is 3. The smallest absolute Gasteiger partial charge is 0.311 e. The number of hydrogen-bond acceptors (Lipinski definition) is 19. The summed E-state index contributed by atoms with van der Waals surface area (Å²) in [5.41, 5.74) is -2.83. The molecule has 5 N–H and O–H groups in total. The van der Waals surface area contributed by atoms with Crippen LogP contribution in [-0.2, 0) is 60.0 Å². The highest BCUT2D eigenvalue weighted by Gasteiger charge is 2.53. The summed E-state index contributed by atoms with van der Waals surface area (Å²) >= 11 is 0. The van der Waals surface area contributed by atoms with E-state index < -0.39 is 137 Å². The molecule has 20 nitrogen and oxygen atoms in total. The van der Waals surface area contributed by atoms with Crippen molar-refractivity contribution in [3.05, 3.63) is 47.3 Å². The predicted octanol–water partition coefficient (Wildman–Crippen LogP) is 3.55. The van der Waals surface area contributed by atoms with Gasteiger partial charge in [-0.1, -0.05) is 50.3 Å². The lowest BCUT2D eigenvalue weighted by Gasteiger charge is -2.49. The molecule has 0 spiro atoms. The van der Waals surface area contributed by atoms with Crippen LogP contribution in [-0.4, -0.2) is 209 Å². The number of ether oxygens (including phenoxy) is 7. The van der Waals surface area contributed by atoms with Crippen LogP contribution >= 0.6 is 0 Å². The highest BCUT2D eigenvalue weighted by molar-refractivity contribution is 7.89. The number of alkyl halides is 1. The van der Waals surface area contributed by atoms with E-state index in [4.69, 9.17) is 33.2 Å². The summed E-state index contributed by atoms with van der Waals surface area (Å²) in [6, 6.07) is 4.80. The number of aliphatic hydroxyl groups is 5. The number of carbonyl (C=O) groups is 1. The molecule has 0 radical (unpaired) electrons. The van der Waals surface area contributed by atoms with Crippen LogP contribution < -0.4 is 0 Å². The van der Waals surface area contributed by atoms with Crippen LogP contribution in [0.15, 0.2) is 30.5 Å². The van der Waals surface area contributed by atoms with Gasteiger partial charge >= 0.3 is 5.97 Å². The minimum absolute atomic E-state index is 0.0723. The molecule has 75 heavy (non-hydrogen) atoms. The molecule has 3 aliphatic heterocycles. The summed E-state index contributed by atoms with van der Waals surface area (Å²) < 4.78 is 83.9. The first-order valence-electron chi connectivity index (χ1n) is 26.4. The molecule has 5 rings (SSSR count). The zero-order valence-corrected chi connectivity index (χ0v) is 47.7. The van der Waals surface area contributed by atoms with Gasteiger partial charge in [0.2, 0.25) is 0 Å². The molecular formula is C53H90FN5O15S. The van der Waals surface area contributed by atoms with Gasteiger partial charge in [0.15, 0.2) is 22.4 Å². The van der Waals surface area contributed by atoms with Crippen LogP contribution in [0.2, 0.25) is 0 Å². The molecule has 3 fully saturated rings. The standard InChI is InChI=1S/C53H90FN5O15S/c1-16-41-53(10,65)46(61)34(6)58(12)27-30(2)24-51(8,64)48(32(4)44(33(5)49(63)72-41)73-42-25-52(9,69-14)47(62)35(7)71-42)74-50-43(60)39(23-31(3)70-50)57(11)22-21-38-28-59(56-55-38)40(26-54)45(68-13)37-19-17-36(18-20-37)29-75(15,66)67/h17-20,28,30-35,39-48,50,60-62,64-65H,16,21-27,29H2,1-15H3/t30-,31-,32+,33-,34-,35+,39+,40-,41-,42+,43-,44+,45-,46-,47+,48-,50+,51-,52-,53-/m1/s1. The number of methoxy groups -OCH3 is 2. The largest absolute Gasteiger partial charge is 0.459 e. The number of carbonyl (C=O) groups excluding carboxylic acids is 1. The maximum Gasteiger partial charge on any atom is 0.311 e. The molecule has 4 heterocycles. The van der Waals surface area contributed by atoms with Crippen LogP contribution in [0.5, 0.6) is 0 Å². The molecule has 0 saturated carbocycles. The molecule has 2 aromatic rings. The quantitative estimate of drug-likeness (QED) is 0.142. The Bertz CT molecular complexity index is 2230. The lowest BCUT2D eigenvalue weighted by atomic mass is 9.77. The van der Waals surface area contributed by atoms with E-state index in [1.54, 1.807) is 78.9 Å². The molecule has 20 atom stereocenters. The topological polar surface area (TPSA) is 254 Å². The van der Waals surface area contributed by atoms with Crippen molar-refractivity contribution in [1.29, 1.82) is 0 Å². The second-order valence-electron chi connectivity index (χ2n) is 22.8. The molecule has 0 bridgehead atoms. The van der Waals surface area contributed by atoms with Gasteiger partial charge in [-0.05, 0) is 98.9 Å². The van der Waals surface area contributed by atoms with Crippen LogP contribution in [0.1, 0.15) is 124 Å². The zero-order chi connectivity index (χ0) is 56.1. The number of likely N-dealkylation sites (N-methyl/N-ethyl adjacent to an activating group) is 2. The van der Waals surface area contributed by atoms with Gasteiger partial charge < -0.3 is 68.5 Å². The van der Waals surface area contributed by atoms with Crippen molar-refractivity contribution in [2.75, 3.05) is 54.3 Å². The van der Waals surface area contributed by atoms with E-state index in [9.17, 15) is 43.1 Å². The second kappa shape index (κ2) is 26.0. The molecule has 0 aliphatic carbocycles. The number of benzene rings is 1. The number of cyclic esters (lactones) is 1. The molecule has 3 aliphatic rings.